The average molecular weight is 269 g/mol. The first kappa shape index (κ1) is 10.4. The average Bonchev–Trinajstić information content (AvgIpc) is 2.57. The Morgan fingerprint density at radius 2 is 2.20 bits per heavy atom. The van der Waals surface area contributed by atoms with Gasteiger partial charge in [-0.15, -0.1) is 0 Å². The molecular weight excluding hydrogens is 256 g/mol. The van der Waals surface area contributed by atoms with E-state index in [4.69, 9.17) is 5.84 Å². The zero-order chi connectivity index (χ0) is 11.0. The van der Waals surface area contributed by atoms with Crippen molar-refractivity contribution in [2.75, 3.05) is 5.43 Å². The van der Waals surface area contributed by atoms with Gasteiger partial charge in [-0.25, -0.2) is 10.8 Å². The summed E-state index contributed by atoms with van der Waals surface area (Å²) in [6.45, 7) is 4.20. The van der Waals surface area contributed by atoms with Gasteiger partial charge in [0.25, 0.3) is 0 Å². The number of anilines is 1. The van der Waals surface area contributed by atoms with Crippen molar-refractivity contribution in [1.29, 1.82) is 0 Å². The number of hydrazine groups is 1. The Bertz CT molecular complexity index is 489. The summed E-state index contributed by atoms with van der Waals surface area (Å²) in [6.07, 6.45) is 0. The minimum absolute atomic E-state index is 0.315. The fourth-order valence-corrected chi connectivity index (χ4v) is 2.15. The molecule has 0 radical (unpaired) electrons. The molecule has 0 amide bonds. The Morgan fingerprint density at radius 3 is 2.80 bits per heavy atom. The maximum absolute atomic E-state index is 5.45. The Hall–Kier alpha value is -1.07. The number of halogens is 1. The van der Waals surface area contributed by atoms with Crippen LogP contribution in [0.25, 0.3) is 11.0 Å². The fraction of sp³-hybridized carbons (Fsp3) is 0.300. The minimum Gasteiger partial charge on any atom is -0.307 e. The van der Waals surface area contributed by atoms with Gasteiger partial charge in [0.15, 0.2) is 0 Å². The van der Waals surface area contributed by atoms with Crippen LogP contribution in [0.15, 0.2) is 22.7 Å². The third kappa shape index (κ3) is 1.61. The number of imidazole rings is 1. The molecule has 0 aliphatic heterocycles. The SMILES string of the molecule is CC(C)n1c(NN)nc2c(Br)cccc21. The molecule has 0 unspecified atom stereocenters. The van der Waals surface area contributed by atoms with E-state index in [2.05, 4.69) is 44.8 Å². The molecule has 0 fully saturated rings. The van der Waals surface area contributed by atoms with Crippen LogP contribution in [0.1, 0.15) is 19.9 Å². The van der Waals surface area contributed by atoms with Crippen molar-refractivity contribution in [2.45, 2.75) is 19.9 Å². The molecule has 2 aromatic rings. The highest BCUT2D eigenvalue weighted by molar-refractivity contribution is 9.10. The zero-order valence-corrected chi connectivity index (χ0v) is 10.2. The number of hydrogen-bond donors (Lipinski definition) is 2. The molecule has 80 valence electrons. The van der Waals surface area contributed by atoms with E-state index in [-0.39, 0.29) is 0 Å². The van der Waals surface area contributed by atoms with E-state index in [1.807, 2.05) is 18.2 Å². The number of benzene rings is 1. The van der Waals surface area contributed by atoms with Crippen molar-refractivity contribution in [3.8, 4) is 0 Å². The van der Waals surface area contributed by atoms with Crippen LogP contribution in [0, 0.1) is 0 Å². The van der Waals surface area contributed by atoms with Crippen LogP contribution in [0.4, 0.5) is 5.95 Å². The number of fused-ring (bicyclic) bond motifs is 1. The molecule has 0 atom stereocenters. The fourth-order valence-electron chi connectivity index (χ4n) is 1.71. The number of nitrogens with two attached hydrogens (primary N) is 1. The van der Waals surface area contributed by atoms with E-state index in [0.717, 1.165) is 15.5 Å². The van der Waals surface area contributed by atoms with Crippen LogP contribution < -0.4 is 11.3 Å². The molecule has 3 N–H and O–H groups in total. The second-order valence-electron chi connectivity index (χ2n) is 3.65. The quantitative estimate of drug-likeness (QED) is 0.651. The maximum atomic E-state index is 5.45. The van der Waals surface area contributed by atoms with Gasteiger partial charge in [-0.05, 0) is 41.9 Å². The molecule has 2 rings (SSSR count). The smallest absolute Gasteiger partial charge is 0.218 e. The highest BCUT2D eigenvalue weighted by Crippen LogP contribution is 2.28. The summed E-state index contributed by atoms with van der Waals surface area (Å²) in [5.41, 5.74) is 4.63. The Labute approximate surface area is 96.6 Å². The molecule has 4 nitrogen and oxygen atoms in total. The second kappa shape index (κ2) is 3.83. The van der Waals surface area contributed by atoms with E-state index in [9.17, 15) is 0 Å². The standard InChI is InChI=1S/C10H13BrN4/c1-6(2)15-8-5-3-4-7(11)9(8)13-10(15)14-12/h3-6H,12H2,1-2H3,(H,13,14). The summed E-state index contributed by atoms with van der Waals surface area (Å²) in [5, 5.41) is 0. The van der Waals surface area contributed by atoms with Gasteiger partial charge in [-0.3, -0.25) is 5.43 Å². The molecule has 0 spiro atoms. The van der Waals surface area contributed by atoms with Crippen molar-refractivity contribution in [3.63, 3.8) is 0 Å². The number of aromatic nitrogens is 2. The number of rotatable bonds is 2. The van der Waals surface area contributed by atoms with Gasteiger partial charge in [0, 0.05) is 10.5 Å². The Kier molecular flexibility index (Phi) is 2.67. The maximum Gasteiger partial charge on any atom is 0.218 e. The first-order valence-electron chi connectivity index (χ1n) is 4.78. The molecule has 1 aromatic carbocycles. The lowest BCUT2D eigenvalue weighted by Gasteiger charge is -2.11. The van der Waals surface area contributed by atoms with E-state index in [1.54, 1.807) is 0 Å². The van der Waals surface area contributed by atoms with Gasteiger partial charge in [0.05, 0.1) is 5.52 Å². The molecule has 0 bridgehead atoms. The van der Waals surface area contributed by atoms with Crippen LogP contribution in [0.3, 0.4) is 0 Å². The van der Waals surface area contributed by atoms with E-state index in [1.165, 1.54) is 0 Å². The van der Waals surface area contributed by atoms with Crippen molar-refractivity contribution in [1.82, 2.24) is 9.55 Å². The van der Waals surface area contributed by atoms with Crippen LogP contribution in [-0.2, 0) is 0 Å². The summed E-state index contributed by atoms with van der Waals surface area (Å²) in [4.78, 5) is 4.43. The first-order valence-corrected chi connectivity index (χ1v) is 5.57. The number of nitrogen functional groups attached to an aromatic ring is 1. The predicted octanol–water partition coefficient (Wildman–Crippen LogP) is 2.67. The normalized spacial score (nSPS) is 11.3. The van der Waals surface area contributed by atoms with Crippen molar-refractivity contribution in [2.24, 2.45) is 5.84 Å². The summed E-state index contributed by atoms with van der Waals surface area (Å²) < 4.78 is 3.05. The molecule has 0 saturated carbocycles. The molecule has 0 aliphatic rings. The topological polar surface area (TPSA) is 55.9 Å². The highest BCUT2D eigenvalue weighted by Gasteiger charge is 2.13. The largest absolute Gasteiger partial charge is 0.307 e. The van der Waals surface area contributed by atoms with Gasteiger partial charge in [-0.1, -0.05) is 6.07 Å². The highest BCUT2D eigenvalue weighted by atomic mass is 79.9. The predicted molar refractivity (Wildman–Crippen MR) is 65.6 cm³/mol. The first-order chi connectivity index (χ1) is 7.15. The van der Waals surface area contributed by atoms with Crippen LogP contribution in [0.5, 0.6) is 0 Å². The van der Waals surface area contributed by atoms with E-state index in [0.29, 0.717) is 12.0 Å². The number of nitrogens with zero attached hydrogens (tertiary/aromatic N) is 2. The summed E-state index contributed by atoms with van der Waals surface area (Å²) in [6, 6.07) is 6.32. The molecule has 1 aromatic heterocycles. The molecule has 5 heteroatoms. The zero-order valence-electron chi connectivity index (χ0n) is 8.66. The Balaban J connectivity index is 2.80. The monoisotopic (exact) mass is 268 g/mol. The van der Waals surface area contributed by atoms with Gasteiger partial charge < -0.3 is 4.57 Å². The molecule has 15 heavy (non-hydrogen) atoms. The number of nitrogens with one attached hydrogen (secondary N) is 1. The van der Waals surface area contributed by atoms with Gasteiger partial charge in [0.2, 0.25) is 5.95 Å². The van der Waals surface area contributed by atoms with Gasteiger partial charge in [0.1, 0.15) is 5.52 Å². The van der Waals surface area contributed by atoms with Crippen molar-refractivity contribution in [3.05, 3.63) is 22.7 Å². The lowest BCUT2D eigenvalue weighted by molar-refractivity contribution is 0.623. The van der Waals surface area contributed by atoms with Crippen LogP contribution >= 0.6 is 15.9 Å². The third-order valence-corrected chi connectivity index (χ3v) is 2.96. The summed E-state index contributed by atoms with van der Waals surface area (Å²) >= 11 is 3.48. The van der Waals surface area contributed by atoms with Crippen molar-refractivity contribution < 1.29 is 0 Å². The van der Waals surface area contributed by atoms with Crippen LogP contribution in [0.2, 0.25) is 0 Å². The van der Waals surface area contributed by atoms with Gasteiger partial charge in [-0.2, -0.15) is 0 Å². The third-order valence-electron chi connectivity index (χ3n) is 2.32. The molecule has 1 heterocycles. The summed E-state index contributed by atoms with van der Waals surface area (Å²) in [7, 11) is 0. The lowest BCUT2D eigenvalue weighted by atomic mass is 10.3. The molecule has 0 saturated heterocycles. The summed E-state index contributed by atoms with van der Waals surface area (Å²) in [5.74, 6) is 6.14. The van der Waals surface area contributed by atoms with Crippen LogP contribution in [-0.4, -0.2) is 9.55 Å². The minimum atomic E-state index is 0.315. The number of hydrogen-bond acceptors (Lipinski definition) is 3. The molecule has 0 aliphatic carbocycles. The van der Waals surface area contributed by atoms with E-state index < -0.39 is 0 Å². The molecular formula is C10H13BrN4. The van der Waals surface area contributed by atoms with Crippen molar-refractivity contribution >= 4 is 32.9 Å². The number of para-hydroxylation sites is 1. The Morgan fingerprint density at radius 1 is 1.47 bits per heavy atom. The second-order valence-corrected chi connectivity index (χ2v) is 4.51. The van der Waals surface area contributed by atoms with E-state index >= 15 is 0 Å². The van der Waals surface area contributed by atoms with Gasteiger partial charge >= 0.3 is 0 Å². The lowest BCUT2D eigenvalue weighted by Crippen LogP contribution is -2.14.